The Bertz CT molecular complexity index is 667. The van der Waals surface area contributed by atoms with E-state index in [0.717, 1.165) is 0 Å². The number of nitrogens with one attached hydrogen (secondary N) is 1. The van der Waals surface area contributed by atoms with E-state index in [-0.39, 0.29) is 6.61 Å². The topological polar surface area (TPSA) is 108 Å². The number of carbonyl (C=O) groups excluding carboxylic acids is 1. The average Bonchev–Trinajstić information content (AvgIpc) is 3.26. The van der Waals surface area contributed by atoms with Crippen LogP contribution in [0.15, 0.2) is 0 Å². The Balaban J connectivity index is 1.94. The highest BCUT2D eigenvalue weighted by Crippen LogP contribution is 2.46. The van der Waals surface area contributed by atoms with Crippen molar-refractivity contribution in [1.29, 1.82) is 5.26 Å². The molecule has 164 valence electrons. The fourth-order valence-corrected chi connectivity index (χ4v) is 4.51. The molecule has 0 aromatic carbocycles. The predicted octanol–water partition coefficient (Wildman–Crippen LogP) is 1.16. The Morgan fingerprint density at radius 1 is 1.24 bits per heavy atom. The Labute approximate surface area is 175 Å². The second-order valence-electron chi connectivity index (χ2n) is 8.33. The van der Waals surface area contributed by atoms with Crippen LogP contribution in [0.2, 0.25) is 0 Å². The third-order valence-corrected chi connectivity index (χ3v) is 5.94. The summed E-state index contributed by atoms with van der Waals surface area (Å²) in [6.07, 6.45) is -0.374. The molecule has 0 aromatic heterocycles. The van der Waals surface area contributed by atoms with Gasteiger partial charge < -0.3 is 28.4 Å². The van der Waals surface area contributed by atoms with Crippen molar-refractivity contribution in [2.75, 3.05) is 25.7 Å². The number of methoxy groups -OCH3 is 1. The fourth-order valence-electron chi connectivity index (χ4n) is 4.04. The number of thioether (sulfide) groups is 1. The summed E-state index contributed by atoms with van der Waals surface area (Å²) in [5, 5.41) is 13.6. The van der Waals surface area contributed by atoms with Crippen LogP contribution in [0.1, 0.15) is 34.1 Å². The first-order valence-electron chi connectivity index (χ1n) is 9.66. The Hall–Kier alpha value is -0.930. The molecule has 3 saturated heterocycles. The van der Waals surface area contributed by atoms with Crippen molar-refractivity contribution in [2.24, 2.45) is 0 Å². The monoisotopic (exact) mass is 430 g/mol. The van der Waals surface area contributed by atoms with Crippen molar-refractivity contribution in [3.63, 3.8) is 0 Å². The van der Waals surface area contributed by atoms with Crippen LogP contribution in [-0.4, -0.2) is 79.5 Å². The Kier molecular flexibility index (Phi) is 6.51. The zero-order valence-corrected chi connectivity index (χ0v) is 18.5. The number of fused-ring (bicyclic) bond motifs is 1. The molecule has 0 bridgehead atoms. The van der Waals surface area contributed by atoms with E-state index in [9.17, 15) is 10.1 Å². The fraction of sp³-hybridized carbons (Fsp3) is 0.895. The molecule has 3 aliphatic heterocycles. The van der Waals surface area contributed by atoms with Crippen molar-refractivity contribution < 1.29 is 33.2 Å². The Morgan fingerprint density at radius 2 is 1.97 bits per heavy atom. The van der Waals surface area contributed by atoms with Gasteiger partial charge in [-0.2, -0.15) is 17.0 Å². The molecule has 1 N–H and O–H groups in total. The van der Waals surface area contributed by atoms with Crippen molar-refractivity contribution >= 4 is 17.7 Å². The van der Waals surface area contributed by atoms with Gasteiger partial charge in [-0.15, -0.1) is 0 Å². The quantitative estimate of drug-likeness (QED) is 0.591. The van der Waals surface area contributed by atoms with Gasteiger partial charge in [0.15, 0.2) is 23.4 Å². The predicted molar refractivity (Wildman–Crippen MR) is 104 cm³/mol. The van der Waals surface area contributed by atoms with Crippen molar-refractivity contribution in [3.05, 3.63) is 0 Å². The normalized spacial score (nSPS) is 38.4. The number of hydrogen-bond acceptors (Lipinski definition) is 10. The van der Waals surface area contributed by atoms with E-state index in [1.165, 1.54) is 7.11 Å². The first-order chi connectivity index (χ1) is 13.6. The number of rotatable bonds is 7. The standard InChI is InChI=1S/C19H30N2O7S/c1-17(2)24-9-12(26-17)13-19(10-20,14-16(25-13)28-18(3,4)27-14)21-11(7-8-29-6)15(22)23-5/h11-14,16,21H,7-9H2,1-6H3/t11-,12+,13+,14-,16+,19+/m0/s1. The molecule has 3 heterocycles. The molecule has 0 unspecified atom stereocenters. The molecule has 0 aromatic rings. The lowest BCUT2D eigenvalue weighted by atomic mass is 9.85. The zero-order chi connectivity index (χ0) is 21.4. The van der Waals surface area contributed by atoms with Gasteiger partial charge in [0.25, 0.3) is 0 Å². The molecule has 0 saturated carbocycles. The summed E-state index contributed by atoms with van der Waals surface area (Å²) in [6.45, 7) is 7.37. The molecule has 3 aliphatic rings. The number of ether oxygens (including phenoxy) is 6. The number of nitriles is 1. The van der Waals surface area contributed by atoms with Crippen LogP contribution in [-0.2, 0) is 33.2 Å². The molecule has 9 nitrogen and oxygen atoms in total. The van der Waals surface area contributed by atoms with E-state index in [1.54, 1.807) is 39.5 Å². The second-order valence-corrected chi connectivity index (χ2v) is 9.32. The second kappa shape index (κ2) is 8.30. The number of carbonyl (C=O) groups is 1. The van der Waals surface area contributed by atoms with Crippen LogP contribution < -0.4 is 5.32 Å². The van der Waals surface area contributed by atoms with Crippen LogP contribution in [0.5, 0.6) is 0 Å². The molecule has 3 fully saturated rings. The highest BCUT2D eigenvalue weighted by Gasteiger charge is 2.68. The lowest BCUT2D eigenvalue weighted by molar-refractivity contribution is -0.228. The van der Waals surface area contributed by atoms with Gasteiger partial charge in [0, 0.05) is 0 Å². The van der Waals surface area contributed by atoms with Gasteiger partial charge in [-0.25, -0.2) is 0 Å². The first-order valence-corrected chi connectivity index (χ1v) is 11.1. The molecule has 0 amide bonds. The number of esters is 1. The maximum atomic E-state index is 12.4. The van der Waals surface area contributed by atoms with E-state index in [4.69, 9.17) is 28.4 Å². The van der Waals surface area contributed by atoms with Crippen molar-refractivity contribution in [3.8, 4) is 6.07 Å². The summed E-state index contributed by atoms with van der Waals surface area (Å²) in [4.78, 5) is 12.4. The van der Waals surface area contributed by atoms with Crippen LogP contribution in [0.4, 0.5) is 0 Å². The van der Waals surface area contributed by atoms with Gasteiger partial charge in [-0.1, -0.05) is 0 Å². The van der Waals surface area contributed by atoms with E-state index in [0.29, 0.717) is 12.2 Å². The van der Waals surface area contributed by atoms with Crippen molar-refractivity contribution in [2.45, 2.75) is 81.9 Å². The highest BCUT2D eigenvalue weighted by atomic mass is 32.2. The number of hydrogen-bond donors (Lipinski definition) is 1. The van der Waals surface area contributed by atoms with Gasteiger partial charge >= 0.3 is 5.97 Å². The lowest BCUT2D eigenvalue weighted by Gasteiger charge is -2.37. The summed E-state index contributed by atoms with van der Waals surface area (Å²) in [6, 6.07) is 1.63. The molecule has 3 rings (SSSR count). The summed E-state index contributed by atoms with van der Waals surface area (Å²) in [5.41, 5.74) is -1.38. The van der Waals surface area contributed by atoms with Gasteiger partial charge in [-0.05, 0) is 46.1 Å². The van der Waals surface area contributed by atoms with E-state index in [1.807, 2.05) is 6.26 Å². The maximum absolute atomic E-state index is 12.4. The summed E-state index contributed by atoms with van der Waals surface area (Å²) < 4.78 is 34.7. The molecule has 0 radical (unpaired) electrons. The van der Waals surface area contributed by atoms with Gasteiger partial charge in [0.1, 0.15) is 24.4 Å². The third kappa shape index (κ3) is 4.42. The van der Waals surface area contributed by atoms with Gasteiger partial charge in [0.05, 0.1) is 19.8 Å². The number of nitrogens with zero attached hydrogens (tertiary/aromatic N) is 1. The highest BCUT2D eigenvalue weighted by molar-refractivity contribution is 7.98. The van der Waals surface area contributed by atoms with E-state index >= 15 is 0 Å². The third-order valence-electron chi connectivity index (χ3n) is 5.30. The SMILES string of the molecule is COC(=O)[C@H](CCSC)N[C@]1(C#N)[C@@H]([C@H]2COC(C)(C)O2)O[C@@H]2OC(C)(C)O[C@@H]21. The van der Waals surface area contributed by atoms with Gasteiger partial charge in [-0.3, -0.25) is 10.1 Å². The molecule has 29 heavy (non-hydrogen) atoms. The molecule has 0 aliphatic carbocycles. The summed E-state index contributed by atoms with van der Waals surface area (Å²) in [7, 11) is 1.33. The molecular formula is C19H30N2O7S. The van der Waals surface area contributed by atoms with Gasteiger partial charge in [0.2, 0.25) is 0 Å². The van der Waals surface area contributed by atoms with Crippen LogP contribution in [0.3, 0.4) is 0 Å². The molecule has 6 atom stereocenters. The molecule has 10 heteroatoms. The first kappa shape index (κ1) is 22.7. The lowest BCUT2D eigenvalue weighted by Crippen LogP contribution is -2.65. The summed E-state index contributed by atoms with van der Waals surface area (Å²) >= 11 is 1.60. The van der Waals surface area contributed by atoms with Crippen LogP contribution >= 0.6 is 11.8 Å². The zero-order valence-electron chi connectivity index (χ0n) is 17.7. The maximum Gasteiger partial charge on any atom is 0.322 e. The van der Waals surface area contributed by atoms with Crippen LogP contribution in [0.25, 0.3) is 0 Å². The van der Waals surface area contributed by atoms with E-state index < -0.39 is 53.7 Å². The van der Waals surface area contributed by atoms with Crippen molar-refractivity contribution in [1.82, 2.24) is 5.32 Å². The largest absolute Gasteiger partial charge is 0.468 e. The summed E-state index contributed by atoms with van der Waals surface area (Å²) in [5.74, 6) is -1.45. The van der Waals surface area contributed by atoms with Crippen LogP contribution in [0, 0.1) is 11.3 Å². The smallest absolute Gasteiger partial charge is 0.322 e. The molecular weight excluding hydrogens is 400 g/mol. The minimum absolute atomic E-state index is 0.249. The Morgan fingerprint density at radius 3 is 2.52 bits per heavy atom. The minimum atomic E-state index is -1.38. The minimum Gasteiger partial charge on any atom is -0.468 e. The van der Waals surface area contributed by atoms with E-state index in [2.05, 4.69) is 11.4 Å². The molecule has 0 spiro atoms. The average molecular weight is 431 g/mol.